The Balaban J connectivity index is 0. The van der Waals surface area contributed by atoms with Gasteiger partial charge in [-0.25, -0.2) is 0 Å². The van der Waals surface area contributed by atoms with Gasteiger partial charge in [0, 0.05) is 0 Å². The summed E-state index contributed by atoms with van der Waals surface area (Å²) in [6.45, 7) is 0. The Labute approximate surface area is 95.8 Å². The molecular formula is AlNbO6Sn. The van der Waals surface area contributed by atoms with Crippen molar-refractivity contribution < 1.29 is 55.2 Å². The van der Waals surface area contributed by atoms with Gasteiger partial charge in [0.05, 0.1) is 0 Å². The molecule has 0 N–H and O–H groups in total. The van der Waals surface area contributed by atoms with Crippen LogP contribution >= 0.6 is 0 Å². The van der Waals surface area contributed by atoms with Gasteiger partial charge in [0.2, 0.25) is 0 Å². The molecule has 0 bridgehead atoms. The van der Waals surface area contributed by atoms with Crippen LogP contribution in [0.4, 0.5) is 0 Å². The van der Waals surface area contributed by atoms with Crippen molar-refractivity contribution in [3.05, 3.63) is 0 Å². The van der Waals surface area contributed by atoms with Crippen molar-refractivity contribution >= 4 is 41.3 Å². The summed E-state index contributed by atoms with van der Waals surface area (Å²) in [5.74, 6) is 0. The van der Waals surface area contributed by atoms with E-state index < -0.39 is 0 Å². The summed E-state index contributed by atoms with van der Waals surface area (Å²) >= 11 is 0. The molecule has 0 aromatic carbocycles. The van der Waals surface area contributed by atoms with Gasteiger partial charge in [-0.05, 0) is 0 Å². The molecule has 0 radical (unpaired) electrons. The molecule has 0 fully saturated rings. The van der Waals surface area contributed by atoms with Crippen molar-refractivity contribution in [2.75, 3.05) is 0 Å². The van der Waals surface area contributed by atoms with Crippen molar-refractivity contribution in [1.82, 2.24) is 0 Å². The average molecular weight is 335 g/mol. The van der Waals surface area contributed by atoms with Crippen molar-refractivity contribution in [1.29, 1.82) is 0 Å². The van der Waals surface area contributed by atoms with E-state index in [-0.39, 0.29) is 96.5 Å². The Kier molecular flexibility index (Phi) is 7930. The van der Waals surface area contributed by atoms with E-state index in [4.69, 9.17) is 0 Å². The zero-order valence-electron chi connectivity index (χ0n) is 3.97. The molecular weight excluding hydrogens is 335 g/mol. The van der Waals surface area contributed by atoms with Crippen molar-refractivity contribution in [3.8, 4) is 0 Å². The van der Waals surface area contributed by atoms with E-state index in [1.54, 1.807) is 0 Å². The van der Waals surface area contributed by atoms with Gasteiger partial charge in [-0.3, -0.25) is 0 Å². The first-order chi connectivity index (χ1) is 0. The Morgan fingerprint density at radius 3 is 0.444 bits per heavy atom. The Morgan fingerprint density at radius 1 is 0.444 bits per heavy atom. The Bertz CT molecular complexity index is 13.0. The maximum atomic E-state index is 0. The largest absolute Gasteiger partial charge is 5.00 e. The molecule has 0 spiro atoms. The van der Waals surface area contributed by atoms with Crippen LogP contribution in [0, 0.1) is 0 Å². The Morgan fingerprint density at radius 2 is 0.444 bits per heavy atom. The summed E-state index contributed by atoms with van der Waals surface area (Å²) in [5, 5.41) is 0. The third-order valence-corrected chi connectivity index (χ3v) is 0. The number of rotatable bonds is 0. The van der Waals surface area contributed by atoms with Gasteiger partial charge in [-0.1, -0.05) is 0 Å². The Hall–Kier alpha value is 1.83. The zero-order chi connectivity index (χ0) is 0. The minimum absolute atomic E-state index is 0. The van der Waals surface area contributed by atoms with E-state index in [2.05, 4.69) is 0 Å². The second-order valence-corrected chi connectivity index (χ2v) is 0. The van der Waals surface area contributed by atoms with Crippen LogP contribution in [0.25, 0.3) is 0 Å². The van der Waals surface area contributed by atoms with Crippen molar-refractivity contribution in [3.63, 3.8) is 0 Å². The van der Waals surface area contributed by atoms with Gasteiger partial charge in [-0.2, -0.15) is 0 Å². The molecule has 0 aliphatic carbocycles. The zero-order valence-corrected chi connectivity index (χ0v) is 10.2. The molecule has 0 saturated heterocycles. The van der Waals surface area contributed by atoms with E-state index in [0.29, 0.717) is 0 Å². The van der Waals surface area contributed by atoms with Crippen LogP contribution in [0.2, 0.25) is 0 Å². The SMILES string of the molecule is [Al+3].[Nb+5].[O-2].[O-2].[O-2].[O-2].[O-2].[O-2].[Sn+4]. The topological polar surface area (TPSA) is 171 Å². The monoisotopic (exact) mass is 336 g/mol. The molecule has 0 aromatic heterocycles. The normalized spacial score (nSPS) is 0. The summed E-state index contributed by atoms with van der Waals surface area (Å²) in [4.78, 5) is 0. The second kappa shape index (κ2) is 229. The van der Waals surface area contributed by atoms with E-state index >= 15 is 0 Å². The first-order valence-electron chi connectivity index (χ1n) is 0. The average Bonchev–Trinajstić information content (AvgIpc) is 0. The van der Waals surface area contributed by atoms with Crippen LogP contribution in [0.3, 0.4) is 0 Å². The molecule has 0 aliphatic heterocycles. The fourth-order valence-electron chi connectivity index (χ4n) is 0. The molecule has 0 aliphatic rings. The van der Waals surface area contributed by atoms with Crippen LogP contribution < -0.4 is 0 Å². The molecule has 0 saturated carbocycles. The van der Waals surface area contributed by atoms with E-state index in [0.717, 1.165) is 0 Å². The third-order valence-electron chi connectivity index (χ3n) is 0. The quantitative estimate of drug-likeness (QED) is 0.471. The first-order valence-corrected chi connectivity index (χ1v) is 0. The molecule has 0 aromatic rings. The van der Waals surface area contributed by atoms with Gasteiger partial charge in [0.1, 0.15) is 0 Å². The van der Waals surface area contributed by atoms with Crippen molar-refractivity contribution in [2.24, 2.45) is 0 Å². The summed E-state index contributed by atoms with van der Waals surface area (Å²) in [6.07, 6.45) is 0. The summed E-state index contributed by atoms with van der Waals surface area (Å²) in [7, 11) is 0. The van der Waals surface area contributed by atoms with Crippen molar-refractivity contribution in [2.45, 2.75) is 0 Å². The molecule has 0 amide bonds. The van der Waals surface area contributed by atoms with Gasteiger partial charge in [0.25, 0.3) is 0 Å². The van der Waals surface area contributed by atoms with Gasteiger partial charge in [-0.15, -0.1) is 0 Å². The number of hydrogen-bond acceptors (Lipinski definition) is 0. The molecule has 0 atom stereocenters. The number of hydrogen-bond donors (Lipinski definition) is 0. The second-order valence-electron chi connectivity index (χ2n) is 0. The maximum Gasteiger partial charge on any atom is 5.00 e. The summed E-state index contributed by atoms with van der Waals surface area (Å²) in [6, 6.07) is 0. The predicted molar refractivity (Wildman–Crippen MR) is 15.6 cm³/mol. The minimum atomic E-state index is 0. The fraction of sp³-hybridized carbons (Fsp3) is 0. The van der Waals surface area contributed by atoms with Crippen LogP contribution in [-0.4, -0.2) is 41.3 Å². The fourth-order valence-corrected chi connectivity index (χ4v) is 0. The molecule has 48 valence electrons. The van der Waals surface area contributed by atoms with Gasteiger partial charge < -0.3 is 32.9 Å². The van der Waals surface area contributed by atoms with E-state index in [1.807, 2.05) is 0 Å². The summed E-state index contributed by atoms with van der Waals surface area (Å²) < 4.78 is 0. The molecule has 9 heavy (non-hydrogen) atoms. The van der Waals surface area contributed by atoms with Gasteiger partial charge >= 0.3 is 63.6 Å². The van der Waals surface area contributed by atoms with Gasteiger partial charge in [0.15, 0.2) is 0 Å². The predicted octanol–water partition coefficient (Wildman–Crippen LogP) is -1.48. The molecule has 0 rings (SSSR count). The van der Waals surface area contributed by atoms with E-state index in [9.17, 15) is 0 Å². The van der Waals surface area contributed by atoms with Crippen LogP contribution in [0.15, 0.2) is 0 Å². The van der Waals surface area contributed by atoms with Crippen LogP contribution in [0.5, 0.6) is 0 Å². The first kappa shape index (κ1) is 312. The molecule has 0 unspecified atom stereocenters. The van der Waals surface area contributed by atoms with E-state index in [1.165, 1.54) is 0 Å². The third kappa shape index (κ3) is 180. The molecule has 0 heterocycles. The van der Waals surface area contributed by atoms with Crippen LogP contribution in [-0.2, 0) is 55.2 Å². The molecule has 6 nitrogen and oxygen atoms in total. The standard InChI is InChI=1S/Al.Nb.6O.Sn/q+3;+5;6*-2;+4. The maximum absolute atomic E-state index is 0. The molecule has 9 heteroatoms. The van der Waals surface area contributed by atoms with Crippen LogP contribution in [0.1, 0.15) is 0 Å². The summed E-state index contributed by atoms with van der Waals surface area (Å²) in [5.41, 5.74) is 0. The smallest absolute Gasteiger partial charge is 2.00 e. The minimum Gasteiger partial charge on any atom is -2.00 e.